The zero-order chi connectivity index (χ0) is 14.8. The van der Waals surface area contributed by atoms with E-state index in [4.69, 9.17) is 0 Å². The van der Waals surface area contributed by atoms with E-state index in [0.29, 0.717) is 11.8 Å². The van der Waals surface area contributed by atoms with E-state index in [1.807, 2.05) is 0 Å². The second kappa shape index (κ2) is 4.96. The third-order valence-electron chi connectivity index (χ3n) is 8.06. The molecule has 0 aromatic heterocycles. The number of rotatable bonds is 0. The zero-order valence-corrected chi connectivity index (χ0v) is 13.7. The predicted molar refractivity (Wildman–Crippen MR) is 83.7 cm³/mol. The Morgan fingerprint density at radius 3 is 2.29 bits per heavy atom. The topological polar surface area (TPSA) is 40.5 Å². The molecule has 0 radical (unpaired) electrons. The van der Waals surface area contributed by atoms with Crippen LogP contribution in [0.5, 0.6) is 0 Å². The Morgan fingerprint density at radius 1 is 0.762 bits per heavy atom. The molecule has 0 aromatic carbocycles. The van der Waals surface area contributed by atoms with Crippen molar-refractivity contribution in [1.82, 2.24) is 0 Å². The minimum absolute atomic E-state index is 0.114. The van der Waals surface area contributed by atoms with Gasteiger partial charge in [0.2, 0.25) is 0 Å². The van der Waals surface area contributed by atoms with Crippen LogP contribution in [0.4, 0.5) is 0 Å². The van der Waals surface area contributed by atoms with Gasteiger partial charge in [-0.3, -0.25) is 0 Å². The van der Waals surface area contributed by atoms with E-state index in [1.54, 1.807) is 0 Å². The molecule has 4 fully saturated rings. The SMILES string of the molecule is CC1(C)C(O)C(O)CC2CCC3C4CCCC4CCC3C21. The quantitative estimate of drug-likeness (QED) is 0.716. The molecule has 0 heterocycles. The Hall–Kier alpha value is -0.0800. The first-order chi connectivity index (χ1) is 10.00. The van der Waals surface area contributed by atoms with Crippen molar-refractivity contribution in [1.29, 1.82) is 0 Å². The first-order valence-electron chi connectivity index (χ1n) is 9.36. The molecule has 0 spiro atoms. The van der Waals surface area contributed by atoms with Crippen LogP contribution in [-0.4, -0.2) is 22.4 Å². The summed E-state index contributed by atoms with van der Waals surface area (Å²) >= 11 is 0. The number of hydrogen-bond acceptors (Lipinski definition) is 2. The highest BCUT2D eigenvalue weighted by Gasteiger charge is 2.57. The maximum absolute atomic E-state index is 10.6. The largest absolute Gasteiger partial charge is 0.390 e. The molecule has 4 rings (SSSR count). The maximum atomic E-state index is 10.6. The van der Waals surface area contributed by atoms with Gasteiger partial charge in [0.05, 0.1) is 12.2 Å². The summed E-state index contributed by atoms with van der Waals surface area (Å²) in [5, 5.41) is 20.8. The van der Waals surface area contributed by atoms with E-state index < -0.39 is 12.2 Å². The first kappa shape index (κ1) is 14.5. The number of hydrogen-bond donors (Lipinski definition) is 2. The van der Waals surface area contributed by atoms with E-state index in [0.717, 1.165) is 30.1 Å². The third kappa shape index (κ3) is 2.05. The fourth-order valence-electron chi connectivity index (χ4n) is 7.29. The van der Waals surface area contributed by atoms with Gasteiger partial charge in [-0.15, -0.1) is 0 Å². The zero-order valence-electron chi connectivity index (χ0n) is 13.7. The second-order valence-electron chi connectivity index (χ2n) is 9.19. The third-order valence-corrected chi connectivity index (χ3v) is 8.06. The minimum atomic E-state index is -0.529. The van der Waals surface area contributed by atoms with E-state index >= 15 is 0 Å². The van der Waals surface area contributed by atoms with Crippen molar-refractivity contribution in [3.05, 3.63) is 0 Å². The van der Waals surface area contributed by atoms with Gasteiger partial charge >= 0.3 is 0 Å². The molecule has 0 bridgehead atoms. The molecular formula is C19H32O2. The molecule has 2 N–H and O–H groups in total. The highest BCUT2D eigenvalue weighted by atomic mass is 16.3. The summed E-state index contributed by atoms with van der Waals surface area (Å²) in [5.74, 6) is 5.04. The molecule has 4 aliphatic rings. The molecule has 8 unspecified atom stereocenters. The highest BCUT2D eigenvalue weighted by molar-refractivity contribution is 5.06. The molecule has 4 saturated carbocycles. The van der Waals surface area contributed by atoms with Gasteiger partial charge < -0.3 is 10.2 Å². The molecular weight excluding hydrogens is 260 g/mol. The highest BCUT2D eigenvalue weighted by Crippen LogP contribution is 2.61. The number of aliphatic hydroxyl groups is 2. The van der Waals surface area contributed by atoms with Crippen molar-refractivity contribution in [3.8, 4) is 0 Å². The molecule has 8 atom stereocenters. The Morgan fingerprint density at radius 2 is 1.48 bits per heavy atom. The van der Waals surface area contributed by atoms with Gasteiger partial charge in [0.1, 0.15) is 0 Å². The van der Waals surface area contributed by atoms with Gasteiger partial charge in [0, 0.05) is 0 Å². The fraction of sp³-hybridized carbons (Fsp3) is 1.00. The molecule has 0 aromatic rings. The molecule has 4 aliphatic carbocycles. The lowest BCUT2D eigenvalue weighted by molar-refractivity contribution is -0.175. The average molecular weight is 292 g/mol. The van der Waals surface area contributed by atoms with Gasteiger partial charge in [0.15, 0.2) is 0 Å². The van der Waals surface area contributed by atoms with Crippen LogP contribution in [0.25, 0.3) is 0 Å². The van der Waals surface area contributed by atoms with Crippen molar-refractivity contribution in [2.75, 3.05) is 0 Å². The summed E-state index contributed by atoms with van der Waals surface area (Å²) < 4.78 is 0. The molecule has 0 amide bonds. The summed E-state index contributed by atoms with van der Waals surface area (Å²) in [7, 11) is 0. The van der Waals surface area contributed by atoms with Crippen LogP contribution in [0.2, 0.25) is 0 Å². The summed E-state index contributed by atoms with van der Waals surface area (Å²) in [6, 6.07) is 0. The Labute approximate surface area is 129 Å². The smallest absolute Gasteiger partial charge is 0.0852 e. The van der Waals surface area contributed by atoms with Crippen LogP contribution in [0.3, 0.4) is 0 Å². The van der Waals surface area contributed by atoms with Gasteiger partial charge in [0.25, 0.3) is 0 Å². The number of fused-ring (bicyclic) bond motifs is 5. The van der Waals surface area contributed by atoms with E-state index in [1.165, 1.54) is 44.9 Å². The Kier molecular flexibility index (Phi) is 3.43. The Bertz CT molecular complexity index is 404. The van der Waals surface area contributed by atoms with E-state index in [9.17, 15) is 10.2 Å². The number of aliphatic hydroxyl groups excluding tert-OH is 2. The van der Waals surface area contributed by atoms with Crippen molar-refractivity contribution in [2.24, 2.45) is 40.9 Å². The molecule has 0 saturated heterocycles. The van der Waals surface area contributed by atoms with Crippen molar-refractivity contribution >= 4 is 0 Å². The average Bonchev–Trinajstić information content (AvgIpc) is 2.93. The monoisotopic (exact) mass is 292 g/mol. The first-order valence-corrected chi connectivity index (χ1v) is 9.36. The van der Waals surface area contributed by atoms with Crippen molar-refractivity contribution in [3.63, 3.8) is 0 Å². The minimum Gasteiger partial charge on any atom is -0.390 e. The van der Waals surface area contributed by atoms with Crippen molar-refractivity contribution in [2.45, 2.75) is 77.4 Å². The van der Waals surface area contributed by atoms with Crippen LogP contribution in [0.15, 0.2) is 0 Å². The van der Waals surface area contributed by atoms with Crippen molar-refractivity contribution < 1.29 is 10.2 Å². The summed E-state index contributed by atoms with van der Waals surface area (Å²) in [5.41, 5.74) is -0.114. The van der Waals surface area contributed by atoms with Gasteiger partial charge in [-0.25, -0.2) is 0 Å². The molecule has 2 nitrogen and oxygen atoms in total. The van der Waals surface area contributed by atoms with E-state index in [2.05, 4.69) is 13.8 Å². The lowest BCUT2D eigenvalue weighted by atomic mass is 9.47. The molecule has 21 heavy (non-hydrogen) atoms. The van der Waals surface area contributed by atoms with Gasteiger partial charge in [-0.05, 0) is 79.4 Å². The summed E-state index contributed by atoms with van der Waals surface area (Å²) in [6.45, 7) is 4.45. The maximum Gasteiger partial charge on any atom is 0.0852 e. The predicted octanol–water partition coefficient (Wildman–Crippen LogP) is 3.61. The molecule has 2 heteroatoms. The second-order valence-corrected chi connectivity index (χ2v) is 9.19. The van der Waals surface area contributed by atoms with Crippen LogP contribution in [-0.2, 0) is 0 Å². The standard InChI is InChI=1S/C19H32O2/c1-19(2)17-12(10-16(20)18(19)21)7-8-14-13-5-3-4-11(13)6-9-15(14)17/h11-18,20-21H,3-10H2,1-2H3. The van der Waals surface area contributed by atoms with Crippen LogP contribution in [0, 0.1) is 40.9 Å². The van der Waals surface area contributed by atoms with Crippen LogP contribution < -0.4 is 0 Å². The fourth-order valence-corrected chi connectivity index (χ4v) is 7.29. The normalized spacial score (nSPS) is 55.4. The lowest BCUT2D eigenvalue weighted by Crippen LogP contribution is -2.58. The van der Waals surface area contributed by atoms with Crippen LogP contribution >= 0.6 is 0 Å². The molecule has 0 aliphatic heterocycles. The van der Waals surface area contributed by atoms with Gasteiger partial charge in [-0.2, -0.15) is 0 Å². The summed E-state index contributed by atoms with van der Waals surface area (Å²) in [4.78, 5) is 0. The van der Waals surface area contributed by atoms with Crippen LogP contribution in [0.1, 0.15) is 65.2 Å². The lowest BCUT2D eigenvalue weighted by Gasteiger charge is -2.59. The van der Waals surface area contributed by atoms with E-state index in [-0.39, 0.29) is 5.41 Å². The molecule has 120 valence electrons. The summed E-state index contributed by atoms with van der Waals surface area (Å²) in [6.07, 6.45) is 9.72. The van der Waals surface area contributed by atoms with Gasteiger partial charge in [-0.1, -0.05) is 26.7 Å². The Balaban J connectivity index is 1.64.